The van der Waals surface area contributed by atoms with Crippen LogP contribution in [0.5, 0.6) is 0 Å². The molecule has 0 spiro atoms. The molecule has 3 aromatic rings. The first kappa shape index (κ1) is 20.3. The first-order chi connectivity index (χ1) is 14.0. The Morgan fingerprint density at radius 3 is 2.24 bits per heavy atom. The van der Waals surface area contributed by atoms with Gasteiger partial charge in [0.1, 0.15) is 0 Å². The van der Waals surface area contributed by atoms with Gasteiger partial charge in [0, 0.05) is 30.3 Å². The fraction of sp³-hybridized carbons (Fsp3) is 0.208. The third-order valence-corrected chi connectivity index (χ3v) is 4.71. The molecule has 5 nitrogen and oxygen atoms in total. The summed E-state index contributed by atoms with van der Waals surface area (Å²) in [6.45, 7) is 6.67. The lowest BCUT2D eigenvalue weighted by Gasteiger charge is -2.21. The summed E-state index contributed by atoms with van der Waals surface area (Å²) in [4.78, 5) is 31.4. The van der Waals surface area contributed by atoms with Crippen molar-refractivity contribution in [2.24, 2.45) is 0 Å². The van der Waals surface area contributed by atoms with Gasteiger partial charge in [-0.1, -0.05) is 44.2 Å². The molecule has 0 atom stereocenters. The van der Waals surface area contributed by atoms with Crippen LogP contribution in [0.1, 0.15) is 53.0 Å². The van der Waals surface area contributed by atoms with Crippen LogP contribution >= 0.6 is 0 Å². The van der Waals surface area contributed by atoms with Gasteiger partial charge in [0.15, 0.2) is 0 Å². The zero-order valence-electron chi connectivity index (χ0n) is 16.9. The molecule has 0 saturated carbocycles. The number of nitrogens with one attached hydrogen (secondary N) is 1. The fourth-order valence-electron chi connectivity index (χ4n) is 3.04. The molecule has 3 rings (SSSR count). The van der Waals surface area contributed by atoms with Crippen LogP contribution < -0.4 is 10.2 Å². The highest BCUT2D eigenvalue weighted by molar-refractivity contribution is 6.09. The lowest BCUT2D eigenvalue weighted by molar-refractivity contribution is 0.0988. The number of hydrogen-bond donors (Lipinski definition) is 1. The summed E-state index contributed by atoms with van der Waals surface area (Å²) in [5, 5.41) is 2.86. The number of carbonyl (C=O) groups excluding carboxylic acids is 2. The number of hydrogen-bond acceptors (Lipinski definition) is 3. The van der Waals surface area contributed by atoms with Crippen molar-refractivity contribution in [3.8, 4) is 0 Å². The van der Waals surface area contributed by atoms with E-state index in [0.29, 0.717) is 29.3 Å². The summed E-state index contributed by atoms with van der Waals surface area (Å²) in [6.07, 6.45) is 2.95. The van der Waals surface area contributed by atoms with E-state index >= 15 is 0 Å². The molecule has 1 heterocycles. The summed E-state index contributed by atoms with van der Waals surface area (Å²) >= 11 is 0. The van der Waals surface area contributed by atoms with Crippen LogP contribution in [0.4, 0.5) is 11.4 Å². The molecule has 0 radical (unpaired) electrons. The SMILES string of the molecule is CCN(C(=O)c1cncc(C(=O)Nc2ccc(C(C)C)cc2)c1)c1ccccc1. The average molecular weight is 387 g/mol. The minimum atomic E-state index is -0.299. The third-order valence-electron chi connectivity index (χ3n) is 4.71. The van der Waals surface area contributed by atoms with Crippen LogP contribution in [-0.4, -0.2) is 23.3 Å². The van der Waals surface area contributed by atoms with E-state index in [9.17, 15) is 9.59 Å². The highest BCUT2D eigenvalue weighted by Gasteiger charge is 2.18. The highest BCUT2D eigenvalue weighted by Crippen LogP contribution is 2.19. The van der Waals surface area contributed by atoms with Crippen LogP contribution in [-0.2, 0) is 0 Å². The molecular formula is C24H25N3O2. The smallest absolute Gasteiger partial charge is 0.259 e. The first-order valence-electron chi connectivity index (χ1n) is 9.73. The number of carbonyl (C=O) groups is 2. The van der Waals surface area contributed by atoms with E-state index in [2.05, 4.69) is 24.1 Å². The number of amides is 2. The van der Waals surface area contributed by atoms with Crippen LogP contribution in [0.25, 0.3) is 0 Å². The summed E-state index contributed by atoms with van der Waals surface area (Å²) in [5.74, 6) is -0.0629. The second-order valence-electron chi connectivity index (χ2n) is 7.08. The van der Waals surface area contributed by atoms with E-state index in [0.717, 1.165) is 5.69 Å². The van der Waals surface area contributed by atoms with Crippen molar-refractivity contribution in [3.63, 3.8) is 0 Å². The predicted octanol–water partition coefficient (Wildman–Crippen LogP) is 5.12. The first-order valence-corrected chi connectivity index (χ1v) is 9.73. The molecule has 1 N–H and O–H groups in total. The van der Waals surface area contributed by atoms with Crippen LogP contribution in [0, 0.1) is 0 Å². The molecular weight excluding hydrogens is 362 g/mol. The monoisotopic (exact) mass is 387 g/mol. The molecule has 1 aromatic heterocycles. The summed E-state index contributed by atoms with van der Waals surface area (Å²) < 4.78 is 0. The number of nitrogens with zero attached hydrogens (tertiary/aromatic N) is 2. The van der Waals surface area contributed by atoms with Gasteiger partial charge in [-0.15, -0.1) is 0 Å². The normalized spacial score (nSPS) is 10.6. The van der Waals surface area contributed by atoms with Gasteiger partial charge in [0.25, 0.3) is 11.8 Å². The number of para-hydroxylation sites is 1. The molecule has 0 unspecified atom stereocenters. The van der Waals surface area contributed by atoms with Crippen molar-refractivity contribution < 1.29 is 9.59 Å². The number of pyridine rings is 1. The Hall–Kier alpha value is -3.47. The van der Waals surface area contributed by atoms with Gasteiger partial charge in [-0.05, 0) is 48.7 Å². The van der Waals surface area contributed by atoms with Crippen LogP contribution in [0.3, 0.4) is 0 Å². The molecule has 0 aliphatic heterocycles. The van der Waals surface area contributed by atoms with Gasteiger partial charge in [-0.25, -0.2) is 0 Å². The van der Waals surface area contributed by atoms with E-state index in [1.54, 1.807) is 11.0 Å². The Kier molecular flexibility index (Phi) is 6.39. The van der Waals surface area contributed by atoms with E-state index < -0.39 is 0 Å². The van der Waals surface area contributed by atoms with Crippen molar-refractivity contribution in [3.05, 3.63) is 89.7 Å². The van der Waals surface area contributed by atoms with Gasteiger partial charge in [-0.2, -0.15) is 0 Å². The van der Waals surface area contributed by atoms with Crippen LogP contribution in [0.2, 0.25) is 0 Å². The van der Waals surface area contributed by atoms with Crippen molar-refractivity contribution in [2.75, 3.05) is 16.8 Å². The van der Waals surface area contributed by atoms with E-state index in [4.69, 9.17) is 0 Å². The molecule has 5 heteroatoms. The van der Waals surface area contributed by atoms with Gasteiger partial charge < -0.3 is 10.2 Å². The molecule has 0 bridgehead atoms. The number of rotatable bonds is 6. The third kappa shape index (κ3) is 4.88. The van der Waals surface area contributed by atoms with E-state index in [-0.39, 0.29) is 11.8 Å². The van der Waals surface area contributed by atoms with Crippen molar-refractivity contribution in [1.29, 1.82) is 0 Å². The topological polar surface area (TPSA) is 62.3 Å². The molecule has 2 amide bonds. The minimum Gasteiger partial charge on any atom is -0.322 e. The van der Waals surface area contributed by atoms with Crippen molar-refractivity contribution in [2.45, 2.75) is 26.7 Å². The molecule has 0 saturated heterocycles. The molecule has 0 aliphatic rings. The lowest BCUT2D eigenvalue weighted by atomic mass is 10.0. The summed E-state index contributed by atoms with van der Waals surface area (Å²) in [5.41, 5.74) is 3.43. The van der Waals surface area contributed by atoms with E-state index in [1.807, 2.05) is 61.5 Å². The van der Waals surface area contributed by atoms with Crippen LogP contribution in [0.15, 0.2) is 73.1 Å². The van der Waals surface area contributed by atoms with E-state index in [1.165, 1.54) is 18.0 Å². The molecule has 0 aliphatic carbocycles. The Balaban J connectivity index is 1.77. The Morgan fingerprint density at radius 2 is 1.62 bits per heavy atom. The van der Waals surface area contributed by atoms with Crippen molar-refractivity contribution in [1.82, 2.24) is 4.98 Å². The maximum atomic E-state index is 13.0. The molecule has 2 aromatic carbocycles. The zero-order chi connectivity index (χ0) is 20.8. The predicted molar refractivity (Wildman–Crippen MR) is 117 cm³/mol. The zero-order valence-corrected chi connectivity index (χ0v) is 16.9. The largest absolute Gasteiger partial charge is 0.322 e. The fourth-order valence-corrected chi connectivity index (χ4v) is 3.04. The maximum Gasteiger partial charge on any atom is 0.259 e. The average Bonchev–Trinajstić information content (AvgIpc) is 2.75. The molecule has 148 valence electrons. The Labute approximate surface area is 171 Å². The van der Waals surface area contributed by atoms with Gasteiger partial charge in [0.05, 0.1) is 11.1 Å². The lowest BCUT2D eigenvalue weighted by Crippen LogP contribution is -2.31. The Bertz CT molecular complexity index is 983. The molecule has 0 fully saturated rings. The second-order valence-corrected chi connectivity index (χ2v) is 7.08. The number of benzene rings is 2. The number of anilines is 2. The van der Waals surface area contributed by atoms with Crippen molar-refractivity contribution >= 4 is 23.2 Å². The number of aromatic nitrogens is 1. The quantitative estimate of drug-likeness (QED) is 0.638. The maximum absolute atomic E-state index is 13.0. The van der Waals surface area contributed by atoms with Gasteiger partial charge in [-0.3, -0.25) is 14.6 Å². The standard InChI is InChI=1S/C24H25N3O2/c1-4-27(22-8-6-5-7-9-22)24(29)20-14-19(15-25-16-20)23(28)26-21-12-10-18(11-13-21)17(2)3/h5-17H,4H2,1-3H3,(H,26,28). The Morgan fingerprint density at radius 1 is 0.966 bits per heavy atom. The molecule has 29 heavy (non-hydrogen) atoms. The van der Waals surface area contributed by atoms with Gasteiger partial charge >= 0.3 is 0 Å². The van der Waals surface area contributed by atoms with Gasteiger partial charge in [0.2, 0.25) is 0 Å². The second kappa shape index (κ2) is 9.15. The summed E-state index contributed by atoms with van der Waals surface area (Å²) in [7, 11) is 0. The summed E-state index contributed by atoms with van der Waals surface area (Å²) in [6, 6.07) is 18.8. The minimum absolute atomic E-state index is 0.192. The highest BCUT2D eigenvalue weighted by atomic mass is 16.2.